The Hall–Kier alpha value is -1.89. The number of hydrogen-bond acceptors (Lipinski definition) is 2. The molecular formula is C9H6FNO2. The average Bonchev–Trinajstić information content (AvgIpc) is 2.16. The van der Waals surface area contributed by atoms with Gasteiger partial charge in [0.1, 0.15) is 11.6 Å². The van der Waals surface area contributed by atoms with E-state index < -0.39 is 5.82 Å². The molecule has 0 heterocycles. The van der Waals surface area contributed by atoms with Gasteiger partial charge in [-0.1, -0.05) is 0 Å². The summed E-state index contributed by atoms with van der Waals surface area (Å²) in [7, 11) is 0. The first-order valence-corrected chi connectivity index (χ1v) is 3.48. The fraction of sp³-hybridized carbons (Fsp3) is 0.111. The van der Waals surface area contributed by atoms with Crippen molar-refractivity contribution in [2.45, 2.75) is 0 Å². The van der Waals surface area contributed by atoms with Gasteiger partial charge in [-0.15, -0.1) is 0 Å². The van der Waals surface area contributed by atoms with E-state index in [4.69, 9.17) is 11.3 Å². The Morgan fingerprint density at radius 3 is 3.00 bits per heavy atom. The first-order valence-electron chi connectivity index (χ1n) is 3.48. The van der Waals surface area contributed by atoms with Crippen LogP contribution in [-0.2, 0) is 0 Å². The largest absolute Gasteiger partial charge is 0.425 e. The highest BCUT2D eigenvalue weighted by molar-refractivity contribution is 5.79. The molecule has 4 heteroatoms. The Morgan fingerprint density at radius 2 is 2.38 bits per heavy atom. The van der Waals surface area contributed by atoms with Gasteiger partial charge in [-0.2, -0.15) is 0 Å². The topological polar surface area (TPSA) is 30.7 Å². The maximum Gasteiger partial charge on any atom is 0.357 e. The van der Waals surface area contributed by atoms with Gasteiger partial charge < -0.3 is 4.74 Å². The van der Waals surface area contributed by atoms with Crippen LogP contribution in [0.25, 0.3) is 4.85 Å². The minimum absolute atomic E-state index is 0.114. The van der Waals surface area contributed by atoms with Gasteiger partial charge in [0.15, 0.2) is 6.29 Å². The van der Waals surface area contributed by atoms with Crippen LogP contribution in [0.15, 0.2) is 18.2 Å². The van der Waals surface area contributed by atoms with Crippen LogP contribution in [0.5, 0.6) is 5.75 Å². The van der Waals surface area contributed by atoms with Crippen LogP contribution >= 0.6 is 0 Å². The maximum absolute atomic E-state index is 12.6. The number of nitrogens with zero attached hydrogens (tertiary/aromatic N) is 1. The number of rotatable bonds is 3. The van der Waals surface area contributed by atoms with E-state index in [9.17, 15) is 9.18 Å². The molecule has 0 saturated carbocycles. The monoisotopic (exact) mass is 179 g/mol. The van der Waals surface area contributed by atoms with E-state index in [-0.39, 0.29) is 18.0 Å². The minimum Gasteiger partial charge on any atom is -0.425 e. The Balaban J connectivity index is 2.93. The van der Waals surface area contributed by atoms with Gasteiger partial charge in [0, 0.05) is 0 Å². The first kappa shape index (κ1) is 9.20. The summed E-state index contributed by atoms with van der Waals surface area (Å²) in [6.45, 7) is 6.29. The van der Waals surface area contributed by atoms with E-state index in [1.807, 2.05) is 0 Å². The lowest BCUT2D eigenvalue weighted by Gasteiger charge is -2.01. The SMILES string of the molecule is [C-]#[N+]COc1ccc(F)cc1C=O. The van der Waals surface area contributed by atoms with Crippen molar-refractivity contribution in [3.05, 3.63) is 41.0 Å². The fourth-order valence-electron chi connectivity index (χ4n) is 0.845. The molecule has 0 aromatic heterocycles. The van der Waals surface area contributed by atoms with E-state index in [1.165, 1.54) is 12.1 Å². The fourth-order valence-corrected chi connectivity index (χ4v) is 0.845. The molecule has 1 aromatic rings. The molecule has 0 N–H and O–H groups in total. The third kappa shape index (κ3) is 2.27. The van der Waals surface area contributed by atoms with Gasteiger partial charge in [0.05, 0.1) is 5.56 Å². The molecular weight excluding hydrogens is 173 g/mol. The van der Waals surface area contributed by atoms with Gasteiger partial charge in [0.25, 0.3) is 0 Å². The van der Waals surface area contributed by atoms with E-state index in [2.05, 4.69) is 4.85 Å². The predicted octanol–water partition coefficient (Wildman–Crippen LogP) is 1.89. The maximum atomic E-state index is 12.6. The quantitative estimate of drug-likeness (QED) is 0.524. The zero-order chi connectivity index (χ0) is 9.68. The third-order valence-electron chi connectivity index (χ3n) is 1.38. The molecule has 1 rings (SSSR count). The smallest absolute Gasteiger partial charge is 0.357 e. The molecule has 0 spiro atoms. The molecule has 0 aliphatic carbocycles. The second-order valence-electron chi connectivity index (χ2n) is 2.23. The molecule has 0 saturated heterocycles. The van der Waals surface area contributed by atoms with Crippen molar-refractivity contribution in [1.82, 2.24) is 0 Å². The molecule has 0 aliphatic rings. The van der Waals surface area contributed by atoms with Crippen molar-refractivity contribution in [3.8, 4) is 5.75 Å². The van der Waals surface area contributed by atoms with Crippen LogP contribution in [0.3, 0.4) is 0 Å². The lowest BCUT2D eigenvalue weighted by molar-refractivity contribution is 0.111. The predicted molar refractivity (Wildman–Crippen MR) is 43.9 cm³/mol. The van der Waals surface area contributed by atoms with E-state index in [1.54, 1.807) is 0 Å². The third-order valence-corrected chi connectivity index (χ3v) is 1.38. The number of benzene rings is 1. The Kier molecular flexibility index (Phi) is 2.98. The molecule has 0 amide bonds. The van der Waals surface area contributed by atoms with Crippen LogP contribution < -0.4 is 4.74 Å². The van der Waals surface area contributed by atoms with Crippen LogP contribution in [0.4, 0.5) is 4.39 Å². The number of carbonyl (C=O) groups excluding carboxylic acids is 1. The lowest BCUT2D eigenvalue weighted by atomic mass is 10.2. The average molecular weight is 179 g/mol. The molecule has 66 valence electrons. The van der Waals surface area contributed by atoms with Crippen LogP contribution in [0.1, 0.15) is 10.4 Å². The van der Waals surface area contributed by atoms with Crippen molar-refractivity contribution in [1.29, 1.82) is 0 Å². The van der Waals surface area contributed by atoms with Crippen LogP contribution in [0.2, 0.25) is 0 Å². The van der Waals surface area contributed by atoms with Crippen LogP contribution in [0, 0.1) is 12.4 Å². The van der Waals surface area contributed by atoms with Gasteiger partial charge in [-0.3, -0.25) is 9.64 Å². The summed E-state index contributed by atoms with van der Waals surface area (Å²) in [5.41, 5.74) is 0.114. The summed E-state index contributed by atoms with van der Waals surface area (Å²) in [5.74, 6) is -0.273. The Labute approximate surface area is 74.6 Å². The highest BCUT2D eigenvalue weighted by atomic mass is 19.1. The van der Waals surface area contributed by atoms with Gasteiger partial charge >= 0.3 is 6.73 Å². The molecule has 0 bridgehead atoms. The van der Waals surface area contributed by atoms with Crippen molar-refractivity contribution < 1.29 is 13.9 Å². The summed E-state index contributed by atoms with van der Waals surface area (Å²) < 4.78 is 17.5. The summed E-state index contributed by atoms with van der Waals surface area (Å²) in [6.07, 6.45) is 0.488. The molecule has 0 aliphatic heterocycles. The molecule has 0 unspecified atom stereocenters. The zero-order valence-corrected chi connectivity index (χ0v) is 6.66. The van der Waals surface area contributed by atoms with Crippen molar-refractivity contribution in [2.24, 2.45) is 0 Å². The van der Waals surface area contributed by atoms with E-state index >= 15 is 0 Å². The minimum atomic E-state index is -0.503. The Morgan fingerprint density at radius 1 is 1.62 bits per heavy atom. The highest BCUT2D eigenvalue weighted by Crippen LogP contribution is 2.17. The molecule has 0 atom stereocenters. The highest BCUT2D eigenvalue weighted by Gasteiger charge is 2.04. The van der Waals surface area contributed by atoms with Crippen molar-refractivity contribution in [2.75, 3.05) is 6.73 Å². The second kappa shape index (κ2) is 4.21. The molecule has 0 fully saturated rings. The number of ether oxygens (including phenoxy) is 1. The summed E-state index contributed by atoms with van der Waals surface area (Å²) in [6, 6.07) is 3.56. The number of carbonyl (C=O) groups is 1. The molecule has 13 heavy (non-hydrogen) atoms. The van der Waals surface area contributed by atoms with Gasteiger partial charge in [-0.05, 0) is 18.2 Å². The number of hydrogen-bond donors (Lipinski definition) is 0. The molecule has 3 nitrogen and oxygen atoms in total. The standard InChI is InChI=1S/C9H6FNO2/c1-11-6-13-9-3-2-8(10)4-7(9)5-12/h2-5H,6H2. The van der Waals surface area contributed by atoms with E-state index in [0.29, 0.717) is 6.29 Å². The summed E-state index contributed by atoms with van der Waals surface area (Å²) >= 11 is 0. The van der Waals surface area contributed by atoms with E-state index in [0.717, 1.165) is 6.07 Å². The zero-order valence-electron chi connectivity index (χ0n) is 6.66. The number of aldehydes is 1. The van der Waals surface area contributed by atoms with Crippen LogP contribution in [-0.4, -0.2) is 13.0 Å². The van der Waals surface area contributed by atoms with Gasteiger partial charge in [0.2, 0.25) is 0 Å². The first-order chi connectivity index (χ1) is 6.27. The summed E-state index contributed by atoms with van der Waals surface area (Å²) in [5, 5.41) is 0. The van der Waals surface area contributed by atoms with Gasteiger partial charge in [-0.25, -0.2) is 11.0 Å². The number of halogens is 1. The molecule has 0 radical (unpaired) electrons. The lowest BCUT2D eigenvalue weighted by Crippen LogP contribution is -1.96. The molecule has 1 aromatic carbocycles. The summed E-state index contributed by atoms with van der Waals surface area (Å²) in [4.78, 5) is 13.4. The van der Waals surface area contributed by atoms with Crippen molar-refractivity contribution in [3.63, 3.8) is 0 Å². The van der Waals surface area contributed by atoms with Crippen molar-refractivity contribution >= 4 is 6.29 Å². The second-order valence-corrected chi connectivity index (χ2v) is 2.23. The Bertz CT molecular complexity index is 357. The normalized spacial score (nSPS) is 8.92.